The van der Waals surface area contributed by atoms with Gasteiger partial charge in [0.15, 0.2) is 5.76 Å². The van der Waals surface area contributed by atoms with Crippen molar-refractivity contribution in [3.05, 3.63) is 89.6 Å². The van der Waals surface area contributed by atoms with Gasteiger partial charge in [0.25, 0.3) is 0 Å². The molecule has 0 aliphatic rings. The minimum atomic E-state index is -4.61. The van der Waals surface area contributed by atoms with Crippen molar-refractivity contribution >= 4 is 23.4 Å². The molecule has 1 aromatic heterocycles. The van der Waals surface area contributed by atoms with Gasteiger partial charge in [-0.3, -0.25) is 4.79 Å². The fourth-order valence-electron chi connectivity index (χ4n) is 3.96. The lowest BCUT2D eigenvalue weighted by atomic mass is 10.0. The summed E-state index contributed by atoms with van der Waals surface area (Å²) in [5, 5.41) is 12.9. The molecule has 10 heteroatoms. The maximum absolute atomic E-state index is 13.4. The zero-order chi connectivity index (χ0) is 27.4. The van der Waals surface area contributed by atoms with Gasteiger partial charge in [0.2, 0.25) is 0 Å². The van der Waals surface area contributed by atoms with Crippen LogP contribution in [0.2, 0.25) is 0 Å². The Bertz CT molecular complexity index is 1440. The quantitative estimate of drug-likeness (QED) is 0.274. The van der Waals surface area contributed by atoms with Gasteiger partial charge in [-0.2, -0.15) is 13.2 Å². The first-order valence-electron chi connectivity index (χ1n) is 11.6. The van der Waals surface area contributed by atoms with Crippen LogP contribution in [0.1, 0.15) is 23.7 Å². The predicted octanol–water partition coefficient (Wildman–Crippen LogP) is 7.26. The summed E-state index contributed by atoms with van der Waals surface area (Å²) in [6.07, 6.45) is -5.56. The van der Waals surface area contributed by atoms with E-state index < -0.39 is 23.8 Å². The second-order valence-corrected chi connectivity index (χ2v) is 8.37. The topological polar surface area (TPSA) is 92.9 Å². The number of alkyl halides is 3. The number of aromatic nitrogens is 1. The van der Waals surface area contributed by atoms with E-state index in [1.54, 1.807) is 38.1 Å². The molecular weight excluding hydrogens is 501 g/mol. The molecule has 1 N–H and O–H groups in total. The van der Waals surface area contributed by atoms with E-state index in [0.717, 1.165) is 28.2 Å². The summed E-state index contributed by atoms with van der Waals surface area (Å²) in [5.74, 6) is -0.737. The number of ether oxygens (including phenoxy) is 1. The number of rotatable bonds is 7. The molecule has 1 heterocycles. The number of anilines is 2. The van der Waals surface area contributed by atoms with Crippen LogP contribution in [0.25, 0.3) is 22.5 Å². The van der Waals surface area contributed by atoms with E-state index >= 15 is 0 Å². The number of nitrogens with zero attached hydrogens (tertiary/aromatic N) is 2. The van der Waals surface area contributed by atoms with Crippen LogP contribution in [0, 0.1) is 6.92 Å². The first-order valence-corrected chi connectivity index (χ1v) is 11.6. The molecule has 4 aromatic rings. The van der Waals surface area contributed by atoms with Crippen LogP contribution < -0.4 is 4.90 Å². The maximum Gasteiger partial charge on any atom is 0.419 e. The molecule has 0 bridgehead atoms. The molecule has 0 saturated carbocycles. The number of carboxylic acid groups (broad SMARTS) is 1. The highest BCUT2D eigenvalue weighted by Gasteiger charge is 2.33. The Hall–Kier alpha value is -4.60. The van der Waals surface area contributed by atoms with Gasteiger partial charge in [0.05, 0.1) is 24.3 Å². The molecule has 0 aliphatic heterocycles. The molecule has 0 radical (unpaired) electrons. The average Bonchev–Trinajstić information content (AvgIpc) is 3.25. The molecular formula is C28H23F3N2O5. The number of carbonyl (C=O) groups excluding carboxylic acids is 1. The van der Waals surface area contributed by atoms with Crippen LogP contribution in [0.4, 0.5) is 29.3 Å². The Labute approximate surface area is 216 Å². The van der Waals surface area contributed by atoms with E-state index in [1.165, 1.54) is 12.1 Å². The molecule has 0 spiro atoms. The number of hydrogen-bond donors (Lipinski definition) is 1. The molecule has 1 amide bonds. The van der Waals surface area contributed by atoms with E-state index in [-0.39, 0.29) is 35.9 Å². The first kappa shape index (κ1) is 26.5. The molecule has 38 heavy (non-hydrogen) atoms. The summed E-state index contributed by atoms with van der Waals surface area (Å²) in [6, 6.07) is 18.6. The van der Waals surface area contributed by atoms with Gasteiger partial charge in [-0.15, -0.1) is 0 Å². The average molecular weight is 524 g/mol. The fraction of sp³-hybridized carbons (Fsp3) is 0.179. The summed E-state index contributed by atoms with van der Waals surface area (Å²) in [7, 11) is 0. The summed E-state index contributed by atoms with van der Waals surface area (Å²) >= 11 is 0. The van der Waals surface area contributed by atoms with Crippen molar-refractivity contribution in [1.82, 2.24) is 5.16 Å². The molecule has 0 aliphatic carbocycles. The van der Waals surface area contributed by atoms with Gasteiger partial charge in [0, 0.05) is 5.56 Å². The highest BCUT2D eigenvalue weighted by molar-refractivity contribution is 6.00. The van der Waals surface area contributed by atoms with Gasteiger partial charge in [-0.05, 0) is 48.7 Å². The molecule has 196 valence electrons. The molecule has 7 nitrogen and oxygen atoms in total. The van der Waals surface area contributed by atoms with Gasteiger partial charge < -0.3 is 14.4 Å². The van der Waals surface area contributed by atoms with Crippen molar-refractivity contribution in [3.8, 4) is 22.5 Å². The van der Waals surface area contributed by atoms with Gasteiger partial charge in [0.1, 0.15) is 11.4 Å². The largest absolute Gasteiger partial charge is 0.481 e. The highest BCUT2D eigenvalue weighted by Crippen LogP contribution is 2.40. The monoisotopic (exact) mass is 524 g/mol. The van der Waals surface area contributed by atoms with Crippen molar-refractivity contribution in [2.45, 2.75) is 26.4 Å². The van der Waals surface area contributed by atoms with Crippen molar-refractivity contribution in [2.24, 2.45) is 0 Å². The zero-order valence-electron chi connectivity index (χ0n) is 20.5. The van der Waals surface area contributed by atoms with E-state index in [2.05, 4.69) is 5.16 Å². The first-order chi connectivity index (χ1) is 18.1. The zero-order valence-corrected chi connectivity index (χ0v) is 20.5. The van der Waals surface area contributed by atoms with Crippen LogP contribution in [0.5, 0.6) is 0 Å². The normalized spacial score (nSPS) is 11.3. The van der Waals surface area contributed by atoms with Crippen LogP contribution in [0.3, 0.4) is 0 Å². The van der Waals surface area contributed by atoms with Crippen LogP contribution in [-0.4, -0.2) is 28.9 Å². The van der Waals surface area contributed by atoms with E-state index in [9.17, 15) is 22.8 Å². The third-order valence-corrected chi connectivity index (χ3v) is 5.73. The number of benzene rings is 3. The maximum atomic E-state index is 13.4. The van der Waals surface area contributed by atoms with Gasteiger partial charge >= 0.3 is 18.2 Å². The SMILES string of the molecule is CCOC(=O)N(c1cccc(C(F)(F)F)c1)c1c(C)noc1-c1ccc(-c2ccc(CC(=O)O)cc2)cc1. The third-order valence-electron chi connectivity index (χ3n) is 5.73. The lowest BCUT2D eigenvalue weighted by Gasteiger charge is -2.23. The van der Waals surface area contributed by atoms with Crippen LogP contribution in [-0.2, 0) is 22.1 Å². The smallest absolute Gasteiger partial charge is 0.419 e. The fourth-order valence-corrected chi connectivity index (χ4v) is 3.96. The minimum Gasteiger partial charge on any atom is -0.481 e. The third kappa shape index (κ3) is 5.69. The van der Waals surface area contributed by atoms with E-state index in [1.807, 2.05) is 24.3 Å². The van der Waals surface area contributed by atoms with Crippen LogP contribution in [0.15, 0.2) is 77.3 Å². The lowest BCUT2D eigenvalue weighted by molar-refractivity contribution is -0.138. The number of aliphatic carboxylic acids is 1. The van der Waals surface area contributed by atoms with Gasteiger partial charge in [-0.1, -0.05) is 59.8 Å². The Morgan fingerprint density at radius 1 is 0.974 bits per heavy atom. The summed E-state index contributed by atoms with van der Waals surface area (Å²) in [4.78, 5) is 24.9. The second-order valence-electron chi connectivity index (χ2n) is 8.37. The number of carbonyl (C=O) groups is 2. The van der Waals surface area contributed by atoms with Crippen LogP contribution >= 0.6 is 0 Å². The number of hydrogen-bond acceptors (Lipinski definition) is 5. The Kier molecular flexibility index (Phi) is 7.52. The molecule has 0 unspecified atom stereocenters. The highest BCUT2D eigenvalue weighted by atomic mass is 19.4. The Balaban J connectivity index is 1.73. The molecule has 0 atom stereocenters. The number of aryl methyl sites for hydroxylation is 1. The predicted molar refractivity (Wildman–Crippen MR) is 134 cm³/mol. The van der Waals surface area contributed by atoms with Gasteiger partial charge in [-0.25, -0.2) is 9.69 Å². The van der Waals surface area contributed by atoms with Crippen molar-refractivity contribution in [2.75, 3.05) is 11.5 Å². The van der Waals surface area contributed by atoms with E-state index in [0.29, 0.717) is 11.1 Å². The lowest BCUT2D eigenvalue weighted by Crippen LogP contribution is -2.28. The molecule has 0 saturated heterocycles. The molecule has 3 aromatic carbocycles. The van der Waals surface area contributed by atoms with Crippen molar-refractivity contribution in [1.29, 1.82) is 0 Å². The number of carboxylic acids is 1. The summed E-state index contributed by atoms with van der Waals surface area (Å²) < 4.78 is 50.9. The minimum absolute atomic E-state index is 0.00784. The summed E-state index contributed by atoms with van der Waals surface area (Å²) in [6.45, 7) is 3.18. The standard InChI is InChI=1S/C28H23F3N2O5/c1-3-37-27(36)33(23-6-4-5-22(16-23)28(29,30)31)25-17(2)32-38-26(25)21-13-11-20(12-14-21)19-9-7-18(8-10-19)15-24(34)35/h4-14,16H,3,15H2,1-2H3,(H,34,35). The second kappa shape index (κ2) is 10.8. The van der Waals surface area contributed by atoms with E-state index in [4.69, 9.17) is 14.4 Å². The van der Waals surface area contributed by atoms with Crippen molar-refractivity contribution < 1.29 is 37.1 Å². The summed E-state index contributed by atoms with van der Waals surface area (Å²) in [5.41, 5.74) is 2.38. The molecule has 4 rings (SSSR count). The Morgan fingerprint density at radius 2 is 1.58 bits per heavy atom. The molecule has 0 fully saturated rings. The van der Waals surface area contributed by atoms with Crippen molar-refractivity contribution in [3.63, 3.8) is 0 Å². The number of halogens is 3. The Morgan fingerprint density at radius 3 is 2.16 bits per heavy atom. The number of amides is 1.